The molecule has 9 N–H and O–H groups in total. The van der Waals surface area contributed by atoms with Crippen LogP contribution >= 0.6 is 0 Å². The Labute approximate surface area is 374 Å². The molecule has 14 heteroatoms. The first-order valence-corrected chi connectivity index (χ1v) is 25.3. The lowest BCUT2D eigenvalue weighted by Gasteiger charge is -2.46. The van der Waals surface area contributed by atoms with Gasteiger partial charge in [0, 0.05) is 6.42 Å². The normalized spacial score (nSPS) is 27.6. The highest BCUT2D eigenvalue weighted by molar-refractivity contribution is 5.76. The zero-order valence-corrected chi connectivity index (χ0v) is 38.9. The second-order valence-electron chi connectivity index (χ2n) is 18.3. The van der Waals surface area contributed by atoms with Crippen LogP contribution in [0.4, 0.5) is 0 Å². The number of hydrogen-bond donors (Lipinski definition) is 9. The fraction of sp³-hybridized carbons (Fsp3) is 0.979. The van der Waals surface area contributed by atoms with E-state index in [9.17, 15) is 45.6 Å². The Kier molecular flexibility index (Phi) is 33.3. The Bertz CT molecular complexity index is 1060. The molecule has 0 spiro atoms. The summed E-state index contributed by atoms with van der Waals surface area (Å²) in [6.45, 7) is 2.82. The van der Waals surface area contributed by atoms with Gasteiger partial charge in [-0.15, -0.1) is 0 Å². The van der Waals surface area contributed by atoms with Gasteiger partial charge in [-0.1, -0.05) is 187 Å². The molecule has 12 unspecified atom stereocenters. The molecule has 0 radical (unpaired) electrons. The van der Waals surface area contributed by atoms with Gasteiger partial charge in [0.2, 0.25) is 5.91 Å². The van der Waals surface area contributed by atoms with E-state index in [4.69, 9.17) is 18.9 Å². The van der Waals surface area contributed by atoms with E-state index >= 15 is 0 Å². The lowest BCUT2D eigenvalue weighted by atomic mass is 9.97. The summed E-state index contributed by atoms with van der Waals surface area (Å²) in [5, 5.41) is 86.7. The van der Waals surface area contributed by atoms with Crippen molar-refractivity contribution in [1.82, 2.24) is 5.32 Å². The summed E-state index contributed by atoms with van der Waals surface area (Å²) in [7, 11) is 0. The van der Waals surface area contributed by atoms with Gasteiger partial charge in [-0.05, 0) is 12.8 Å². The van der Waals surface area contributed by atoms with Crippen LogP contribution in [-0.4, -0.2) is 140 Å². The predicted molar refractivity (Wildman–Crippen MR) is 240 cm³/mol. The lowest BCUT2D eigenvalue weighted by molar-refractivity contribution is -0.359. The van der Waals surface area contributed by atoms with Gasteiger partial charge in [0.15, 0.2) is 12.6 Å². The number of unbranched alkanes of at least 4 members (excludes halogenated alkanes) is 26. The van der Waals surface area contributed by atoms with Crippen molar-refractivity contribution >= 4 is 5.91 Å². The molecule has 0 aromatic carbocycles. The molecule has 0 aliphatic carbocycles. The molecular weight excluding hydrogens is 799 g/mol. The quantitative estimate of drug-likeness (QED) is 0.0313. The van der Waals surface area contributed by atoms with E-state index in [2.05, 4.69) is 19.2 Å². The second kappa shape index (κ2) is 36.2. The van der Waals surface area contributed by atoms with Crippen molar-refractivity contribution in [2.75, 3.05) is 19.8 Å². The van der Waals surface area contributed by atoms with Crippen molar-refractivity contribution in [2.45, 2.75) is 280 Å². The fourth-order valence-electron chi connectivity index (χ4n) is 8.65. The number of aliphatic hydroxyl groups excluding tert-OH is 8. The van der Waals surface area contributed by atoms with E-state index in [-0.39, 0.29) is 12.5 Å². The van der Waals surface area contributed by atoms with Gasteiger partial charge in [-0.2, -0.15) is 0 Å². The molecule has 12 atom stereocenters. The maximum atomic E-state index is 13.1. The van der Waals surface area contributed by atoms with Crippen molar-refractivity contribution in [3.05, 3.63) is 0 Å². The molecule has 14 nitrogen and oxygen atoms in total. The maximum Gasteiger partial charge on any atom is 0.220 e. The van der Waals surface area contributed by atoms with E-state index in [0.717, 1.165) is 51.4 Å². The number of aliphatic hydroxyl groups is 8. The average molecular weight is 892 g/mol. The van der Waals surface area contributed by atoms with Crippen LogP contribution in [-0.2, 0) is 23.7 Å². The zero-order valence-electron chi connectivity index (χ0n) is 38.9. The van der Waals surface area contributed by atoms with E-state index in [1.165, 1.54) is 128 Å². The first-order valence-electron chi connectivity index (χ1n) is 25.3. The number of nitrogens with one attached hydrogen (secondary N) is 1. The Balaban J connectivity index is 1.77. The molecule has 0 saturated carbocycles. The van der Waals surface area contributed by atoms with Gasteiger partial charge < -0.3 is 65.1 Å². The maximum absolute atomic E-state index is 13.1. The molecule has 368 valence electrons. The van der Waals surface area contributed by atoms with Crippen LogP contribution in [0.2, 0.25) is 0 Å². The minimum atomic E-state index is -1.78. The van der Waals surface area contributed by atoms with E-state index in [1.807, 2.05) is 0 Å². The summed E-state index contributed by atoms with van der Waals surface area (Å²) >= 11 is 0. The molecule has 0 bridgehead atoms. The summed E-state index contributed by atoms with van der Waals surface area (Å²) in [5.74, 6) is -0.210. The van der Waals surface area contributed by atoms with Crippen LogP contribution in [0.5, 0.6) is 0 Å². The number of rotatable bonds is 39. The first-order chi connectivity index (χ1) is 30.1. The number of hydrogen-bond acceptors (Lipinski definition) is 13. The molecule has 2 aliphatic rings. The third kappa shape index (κ3) is 23.4. The number of carbonyl (C=O) groups excluding carboxylic acids is 1. The van der Waals surface area contributed by atoms with Crippen molar-refractivity contribution in [1.29, 1.82) is 0 Å². The molecule has 2 rings (SSSR count). The molecule has 2 heterocycles. The smallest absolute Gasteiger partial charge is 0.220 e. The Morgan fingerprint density at radius 1 is 0.516 bits per heavy atom. The van der Waals surface area contributed by atoms with Crippen LogP contribution in [0.25, 0.3) is 0 Å². The SMILES string of the molecule is CCCCCCCCCCCCCCCCCCCCCCC(O)C(COC1OC(CO)C(OC2OC(CO)C(O)C(O)C2O)C(O)C1O)NC(=O)CCCCCCCCCC. The van der Waals surface area contributed by atoms with Crippen molar-refractivity contribution in [3.8, 4) is 0 Å². The second-order valence-corrected chi connectivity index (χ2v) is 18.3. The zero-order chi connectivity index (χ0) is 45.4. The summed E-state index contributed by atoms with van der Waals surface area (Å²) in [6.07, 6.45) is 18.4. The number of carbonyl (C=O) groups is 1. The van der Waals surface area contributed by atoms with Crippen LogP contribution in [0.15, 0.2) is 0 Å². The summed E-state index contributed by atoms with van der Waals surface area (Å²) in [5.41, 5.74) is 0. The lowest BCUT2D eigenvalue weighted by Crippen LogP contribution is -2.65. The molecular formula is C48H93NO13. The average Bonchev–Trinajstić information content (AvgIpc) is 3.27. The Morgan fingerprint density at radius 3 is 1.37 bits per heavy atom. The third-order valence-electron chi connectivity index (χ3n) is 12.8. The topological polar surface area (TPSA) is 228 Å². The first kappa shape index (κ1) is 57.1. The van der Waals surface area contributed by atoms with Crippen LogP contribution < -0.4 is 5.32 Å². The van der Waals surface area contributed by atoms with Crippen LogP contribution in [0.1, 0.15) is 206 Å². The molecule has 2 aliphatic heterocycles. The number of amides is 1. The Morgan fingerprint density at radius 2 is 0.919 bits per heavy atom. The van der Waals surface area contributed by atoms with Gasteiger partial charge in [0.05, 0.1) is 32.0 Å². The molecule has 0 aromatic heterocycles. The highest BCUT2D eigenvalue weighted by atomic mass is 16.7. The minimum absolute atomic E-state index is 0.210. The monoisotopic (exact) mass is 892 g/mol. The van der Waals surface area contributed by atoms with Gasteiger partial charge in [0.1, 0.15) is 48.8 Å². The highest BCUT2D eigenvalue weighted by Gasteiger charge is 2.51. The minimum Gasteiger partial charge on any atom is -0.394 e. The largest absolute Gasteiger partial charge is 0.394 e. The predicted octanol–water partition coefficient (Wildman–Crippen LogP) is 6.22. The van der Waals surface area contributed by atoms with Crippen molar-refractivity contribution in [3.63, 3.8) is 0 Å². The Hall–Kier alpha value is -1.01. The molecule has 1 amide bonds. The summed E-state index contributed by atoms with van der Waals surface area (Å²) in [6, 6.07) is -0.819. The van der Waals surface area contributed by atoms with Gasteiger partial charge >= 0.3 is 0 Å². The van der Waals surface area contributed by atoms with Crippen LogP contribution in [0.3, 0.4) is 0 Å². The molecule has 2 saturated heterocycles. The van der Waals surface area contributed by atoms with Crippen LogP contribution in [0, 0.1) is 0 Å². The van der Waals surface area contributed by atoms with Crippen molar-refractivity contribution in [2.24, 2.45) is 0 Å². The number of ether oxygens (including phenoxy) is 4. The van der Waals surface area contributed by atoms with Gasteiger partial charge in [-0.25, -0.2) is 0 Å². The summed E-state index contributed by atoms with van der Waals surface area (Å²) in [4.78, 5) is 13.1. The van der Waals surface area contributed by atoms with Gasteiger partial charge in [0.25, 0.3) is 0 Å². The van der Waals surface area contributed by atoms with E-state index < -0.39 is 86.8 Å². The molecule has 0 aromatic rings. The highest BCUT2D eigenvalue weighted by Crippen LogP contribution is 2.30. The van der Waals surface area contributed by atoms with E-state index in [1.54, 1.807) is 0 Å². The molecule has 2 fully saturated rings. The van der Waals surface area contributed by atoms with E-state index in [0.29, 0.717) is 12.8 Å². The fourth-order valence-corrected chi connectivity index (χ4v) is 8.65. The van der Waals surface area contributed by atoms with Gasteiger partial charge in [-0.3, -0.25) is 4.79 Å². The third-order valence-corrected chi connectivity index (χ3v) is 12.8. The summed E-state index contributed by atoms with van der Waals surface area (Å²) < 4.78 is 22.7. The standard InChI is InChI=1S/C48H93NO13/c1-3-5-7-9-11-13-14-15-16-17-18-19-20-21-22-23-24-25-27-29-31-37(52)36(49-40(53)32-30-28-26-12-10-8-6-4-2)35-59-47-45(58)43(56)46(39(34-51)61-47)62-48-44(57)42(55)41(54)38(33-50)60-48/h36-39,41-48,50-52,54-58H,3-35H2,1-2H3,(H,49,53). The molecule has 62 heavy (non-hydrogen) atoms. The van der Waals surface area contributed by atoms with Crippen molar-refractivity contribution < 1.29 is 64.6 Å².